The second-order valence-corrected chi connectivity index (χ2v) is 12.4. The Bertz CT molecular complexity index is 647. The lowest BCUT2D eigenvalue weighted by Gasteiger charge is -2.60. The molecule has 0 radical (unpaired) electrons. The van der Waals surface area contributed by atoms with Crippen molar-refractivity contribution in [3.8, 4) is 0 Å². The van der Waals surface area contributed by atoms with Gasteiger partial charge in [0.25, 0.3) is 0 Å². The zero-order chi connectivity index (χ0) is 21.8. The van der Waals surface area contributed by atoms with Gasteiger partial charge in [-0.15, -0.1) is 0 Å². The number of hydrogen-bond acceptors (Lipinski definition) is 4. The summed E-state index contributed by atoms with van der Waals surface area (Å²) >= 11 is 0. The third kappa shape index (κ3) is 3.69. The minimum atomic E-state index is -0.639. The first-order valence-electron chi connectivity index (χ1n) is 12.6. The molecule has 3 N–H and O–H groups in total. The molecule has 0 aromatic rings. The normalized spacial score (nSPS) is 48.1. The molecule has 4 unspecified atom stereocenters. The van der Waals surface area contributed by atoms with E-state index in [1.165, 1.54) is 12.8 Å². The van der Waals surface area contributed by atoms with Gasteiger partial charge in [0.2, 0.25) is 0 Å². The van der Waals surface area contributed by atoms with Crippen LogP contribution in [0.3, 0.4) is 0 Å². The fourth-order valence-electron chi connectivity index (χ4n) is 8.60. The molecule has 0 amide bonds. The van der Waals surface area contributed by atoms with Crippen LogP contribution in [0.4, 0.5) is 0 Å². The number of fused-ring (bicyclic) bond motifs is 5. The van der Waals surface area contributed by atoms with Gasteiger partial charge in [0.1, 0.15) is 5.78 Å². The van der Waals surface area contributed by atoms with Gasteiger partial charge in [0.05, 0.1) is 18.3 Å². The summed E-state index contributed by atoms with van der Waals surface area (Å²) in [5, 5.41) is 31.3. The van der Waals surface area contributed by atoms with Crippen molar-refractivity contribution in [2.24, 2.45) is 46.3 Å². The molecular formula is C26H44O4. The summed E-state index contributed by atoms with van der Waals surface area (Å²) in [6.45, 7) is 8.93. The SMILES string of the molecule is CC(C)C[C@@H](O)[C@H](O)CC1CC[C@H]2C3CC(=O)C4C[C@H](O)CC[C@]4(C)[C@H]3CCC12C. The van der Waals surface area contributed by atoms with Crippen molar-refractivity contribution in [3.63, 3.8) is 0 Å². The summed E-state index contributed by atoms with van der Waals surface area (Å²) < 4.78 is 0. The summed E-state index contributed by atoms with van der Waals surface area (Å²) in [5.41, 5.74) is 0.239. The molecule has 4 saturated carbocycles. The fourth-order valence-corrected chi connectivity index (χ4v) is 8.60. The van der Waals surface area contributed by atoms with Crippen LogP contribution in [-0.4, -0.2) is 39.4 Å². The molecule has 4 nitrogen and oxygen atoms in total. The number of ketones is 1. The van der Waals surface area contributed by atoms with Gasteiger partial charge < -0.3 is 15.3 Å². The van der Waals surface area contributed by atoms with Crippen LogP contribution < -0.4 is 0 Å². The van der Waals surface area contributed by atoms with E-state index in [1.807, 2.05) is 0 Å². The van der Waals surface area contributed by atoms with E-state index < -0.39 is 12.2 Å². The van der Waals surface area contributed by atoms with Crippen LogP contribution in [0.2, 0.25) is 0 Å². The highest BCUT2D eigenvalue weighted by molar-refractivity contribution is 5.83. The van der Waals surface area contributed by atoms with Crippen LogP contribution in [-0.2, 0) is 4.79 Å². The van der Waals surface area contributed by atoms with E-state index in [2.05, 4.69) is 27.7 Å². The predicted molar refractivity (Wildman–Crippen MR) is 118 cm³/mol. The van der Waals surface area contributed by atoms with Crippen molar-refractivity contribution in [2.45, 2.75) is 110 Å². The zero-order valence-electron chi connectivity index (χ0n) is 19.5. The molecule has 0 aromatic carbocycles. The highest BCUT2D eigenvalue weighted by Gasteiger charge is 2.62. The Hall–Kier alpha value is -0.450. The van der Waals surface area contributed by atoms with Crippen LogP contribution in [0.1, 0.15) is 91.9 Å². The lowest BCUT2D eigenvalue weighted by molar-refractivity contribution is -0.160. The number of hydrogen-bond donors (Lipinski definition) is 3. The second kappa shape index (κ2) is 8.15. The van der Waals surface area contributed by atoms with Crippen molar-refractivity contribution in [3.05, 3.63) is 0 Å². The maximum atomic E-state index is 13.2. The molecule has 10 atom stereocenters. The molecule has 0 aromatic heterocycles. The zero-order valence-corrected chi connectivity index (χ0v) is 19.5. The third-order valence-electron chi connectivity index (χ3n) is 10.3. The average molecular weight is 421 g/mol. The molecule has 172 valence electrons. The van der Waals surface area contributed by atoms with Crippen molar-refractivity contribution < 1.29 is 20.1 Å². The van der Waals surface area contributed by atoms with Crippen molar-refractivity contribution in [1.29, 1.82) is 0 Å². The van der Waals surface area contributed by atoms with E-state index >= 15 is 0 Å². The van der Waals surface area contributed by atoms with Crippen molar-refractivity contribution in [2.75, 3.05) is 0 Å². The molecule has 4 heteroatoms. The maximum absolute atomic E-state index is 13.2. The fraction of sp³-hybridized carbons (Fsp3) is 0.962. The largest absolute Gasteiger partial charge is 0.393 e. The lowest BCUT2D eigenvalue weighted by atomic mass is 9.44. The molecule has 0 bridgehead atoms. The minimum absolute atomic E-state index is 0.0528. The Morgan fingerprint density at radius 2 is 1.63 bits per heavy atom. The summed E-state index contributed by atoms with van der Waals surface area (Å²) in [5.74, 6) is 2.90. The lowest BCUT2D eigenvalue weighted by Crippen LogP contribution is -2.57. The van der Waals surface area contributed by atoms with Gasteiger partial charge in [-0.3, -0.25) is 4.79 Å². The number of aliphatic hydroxyl groups excluding tert-OH is 3. The quantitative estimate of drug-likeness (QED) is 0.618. The van der Waals surface area contributed by atoms with Crippen molar-refractivity contribution >= 4 is 5.78 Å². The van der Waals surface area contributed by atoms with Gasteiger partial charge in [-0.1, -0.05) is 27.7 Å². The number of Topliss-reactive ketones (excluding diaryl/α,β-unsaturated/α-hetero) is 1. The van der Waals surface area contributed by atoms with Gasteiger partial charge in [0.15, 0.2) is 0 Å². The van der Waals surface area contributed by atoms with E-state index in [9.17, 15) is 20.1 Å². The highest BCUT2D eigenvalue weighted by Crippen LogP contribution is 2.67. The van der Waals surface area contributed by atoms with E-state index in [0.717, 1.165) is 25.7 Å². The Labute approximate surface area is 182 Å². The molecule has 0 heterocycles. The highest BCUT2D eigenvalue weighted by atomic mass is 16.3. The summed E-state index contributed by atoms with van der Waals surface area (Å²) in [4.78, 5) is 13.2. The van der Waals surface area contributed by atoms with Gasteiger partial charge in [-0.25, -0.2) is 0 Å². The Kier molecular flexibility index (Phi) is 6.18. The number of rotatable bonds is 5. The Balaban J connectivity index is 1.50. The van der Waals surface area contributed by atoms with Gasteiger partial charge in [-0.05, 0) is 98.2 Å². The maximum Gasteiger partial charge on any atom is 0.136 e. The first-order chi connectivity index (χ1) is 14.1. The molecule has 4 rings (SSSR count). The third-order valence-corrected chi connectivity index (χ3v) is 10.3. The van der Waals surface area contributed by atoms with Gasteiger partial charge >= 0.3 is 0 Å². The molecule has 0 aliphatic heterocycles. The van der Waals surface area contributed by atoms with Crippen LogP contribution in [0.25, 0.3) is 0 Å². The summed E-state index contributed by atoms with van der Waals surface area (Å²) in [6, 6.07) is 0. The molecule has 4 aliphatic carbocycles. The van der Waals surface area contributed by atoms with Gasteiger partial charge in [0, 0.05) is 12.3 Å². The number of aliphatic hydroxyl groups is 3. The molecule has 30 heavy (non-hydrogen) atoms. The first-order valence-corrected chi connectivity index (χ1v) is 12.6. The summed E-state index contributed by atoms with van der Waals surface area (Å²) in [7, 11) is 0. The number of carbonyl (C=O) groups excluding carboxylic acids is 1. The topological polar surface area (TPSA) is 77.8 Å². The number of carbonyl (C=O) groups is 1. The predicted octanol–water partition coefficient (Wildman–Crippen LogP) is 4.34. The van der Waals surface area contributed by atoms with E-state index in [-0.39, 0.29) is 22.9 Å². The van der Waals surface area contributed by atoms with Crippen molar-refractivity contribution in [1.82, 2.24) is 0 Å². The second-order valence-electron chi connectivity index (χ2n) is 12.4. The average Bonchev–Trinajstić information content (AvgIpc) is 2.99. The van der Waals surface area contributed by atoms with Crippen LogP contribution in [0.15, 0.2) is 0 Å². The summed E-state index contributed by atoms with van der Waals surface area (Å²) in [6.07, 6.45) is 7.59. The molecule has 0 saturated heterocycles. The first kappa shape index (κ1) is 22.7. The van der Waals surface area contributed by atoms with Gasteiger partial charge in [-0.2, -0.15) is 0 Å². The molecule has 0 spiro atoms. The minimum Gasteiger partial charge on any atom is -0.393 e. The molecule has 4 aliphatic rings. The Morgan fingerprint density at radius 3 is 2.33 bits per heavy atom. The molecular weight excluding hydrogens is 376 g/mol. The smallest absolute Gasteiger partial charge is 0.136 e. The van der Waals surface area contributed by atoms with Crippen LogP contribution >= 0.6 is 0 Å². The van der Waals surface area contributed by atoms with Crippen LogP contribution in [0, 0.1) is 46.3 Å². The van der Waals surface area contributed by atoms with E-state index in [1.54, 1.807) is 0 Å². The monoisotopic (exact) mass is 420 g/mol. The van der Waals surface area contributed by atoms with Crippen LogP contribution in [0.5, 0.6) is 0 Å². The van der Waals surface area contributed by atoms with E-state index in [4.69, 9.17) is 0 Å². The standard InChI is InChI=1S/C26H44O4/c1-15(2)11-23(29)24(30)12-16-5-6-19-18-14-22(28)21-13-17(27)7-9-26(21,4)20(18)8-10-25(16,19)3/h15-21,23-24,27,29-30H,5-14H2,1-4H3/t16?,17-,18?,19+,20+,21?,23-,24-,25?,26-/m1/s1. The molecule has 4 fully saturated rings. The van der Waals surface area contributed by atoms with E-state index in [0.29, 0.717) is 61.1 Å². The Morgan fingerprint density at radius 1 is 0.967 bits per heavy atom.